The van der Waals surface area contributed by atoms with Crippen LogP contribution in [0.25, 0.3) is 0 Å². The monoisotopic (exact) mass is 448 g/mol. The number of methoxy groups -OCH3 is 1. The summed E-state index contributed by atoms with van der Waals surface area (Å²) >= 11 is 3.45. The molecule has 0 aliphatic heterocycles. The van der Waals surface area contributed by atoms with E-state index in [2.05, 4.69) is 50.7 Å². The molecule has 0 bridgehead atoms. The van der Waals surface area contributed by atoms with Crippen LogP contribution >= 0.6 is 15.9 Å². The molecular formula is C24H21BrN2O2. The Morgan fingerprint density at radius 2 is 1.69 bits per heavy atom. The largest absolute Gasteiger partial charge is 0.496 e. The first-order valence-corrected chi connectivity index (χ1v) is 10.2. The lowest BCUT2D eigenvalue weighted by Gasteiger charge is -2.18. The van der Waals surface area contributed by atoms with Crippen LogP contribution in [-0.4, -0.2) is 19.2 Å². The molecule has 29 heavy (non-hydrogen) atoms. The van der Waals surface area contributed by atoms with Crippen LogP contribution in [0.3, 0.4) is 0 Å². The predicted octanol–water partition coefficient (Wildman–Crippen LogP) is 4.91. The Bertz CT molecular complexity index is 996. The zero-order valence-electron chi connectivity index (χ0n) is 16.0. The SMILES string of the molecule is COc1ccc(/C=N/NC(=O)C2CC2(c2ccccc2)c2ccccc2)cc1Br. The summed E-state index contributed by atoms with van der Waals surface area (Å²) in [6.07, 6.45) is 2.41. The van der Waals surface area contributed by atoms with Gasteiger partial charge in [0.25, 0.3) is 0 Å². The minimum absolute atomic E-state index is 0.0680. The molecule has 0 heterocycles. The molecule has 1 atom stereocenters. The molecule has 1 amide bonds. The molecule has 1 unspecified atom stereocenters. The second-order valence-corrected chi connectivity index (χ2v) is 7.94. The molecule has 0 aromatic heterocycles. The van der Waals surface area contributed by atoms with Gasteiger partial charge in [-0.3, -0.25) is 4.79 Å². The van der Waals surface area contributed by atoms with E-state index in [9.17, 15) is 4.79 Å². The van der Waals surface area contributed by atoms with E-state index in [1.165, 1.54) is 0 Å². The van der Waals surface area contributed by atoms with E-state index in [1.807, 2.05) is 54.6 Å². The van der Waals surface area contributed by atoms with Crippen molar-refractivity contribution in [2.45, 2.75) is 11.8 Å². The van der Waals surface area contributed by atoms with Crippen molar-refractivity contribution in [1.29, 1.82) is 0 Å². The van der Waals surface area contributed by atoms with Gasteiger partial charge < -0.3 is 4.74 Å². The zero-order valence-corrected chi connectivity index (χ0v) is 17.6. The smallest absolute Gasteiger partial charge is 0.244 e. The van der Waals surface area contributed by atoms with Gasteiger partial charge in [0.1, 0.15) is 5.75 Å². The standard InChI is InChI=1S/C24H21BrN2O2/c1-29-22-13-12-17(14-21(22)25)16-26-27-23(28)20-15-24(20,18-8-4-2-5-9-18)19-10-6-3-7-11-19/h2-14,16,20H,15H2,1H3,(H,27,28)/b26-16+. The van der Waals surface area contributed by atoms with Crippen LogP contribution in [-0.2, 0) is 10.2 Å². The van der Waals surface area contributed by atoms with Crippen molar-refractivity contribution in [3.63, 3.8) is 0 Å². The molecule has 3 aromatic carbocycles. The van der Waals surface area contributed by atoms with E-state index in [0.29, 0.717) is 0 Å². The molecule has 3 aromatic rings. The number of nitrogens with one attached hydrogen (secondary N) is 1. The second-order valence-electron chi connectivity index (χ2n) is 7.09. The van der Waals surface area contributed by atoms with Gasteiger partial charge in [0.05, 0.1) is 23.7 Å². The predicted molar refractivity (Wildman–Crippen MR) is 118 cm³/mol. The lowest BCUT2D eigenvalue weighted by atomic mass is 9.85. The van der Waals surface area contributed by atoms with Crippen molar-refractivity contribution in [2.75, 3.05) is 7.11 Å². The van der Waals surface area contributed by atoms with Gasteiger partial charge in [-0.05, 0) is 57.2 Å². The summed E-state index contributed by atoms with van der Waals surface area (Å²) in [5.74, 6) is 0.535. The van der Waals surface area contributed by atoms with Crippen LogP contribution in [0.5, 0.6) is 5.75 Å². The topological polar surface area (TPSA) is 50.7 Å². The molecule has 0 radical (unpaired) electrons. The van der Waals surface area contributed by atoms with Crippen LogP contribution < -0.4 is 10.2 Å². The van der Waals surface area contributed by atoms with Gasteiger partial charge >= 0.3 is 0 Å². The number of ether oxygens (including phenoxy) is 1. The molecule has 0 saturated heterocycles. The number of hydrazone groups is 1. The fraction of sp³-hybridized carbons (Fsp3) is 0.167. The number of amides is 1. The normalized spacial score (nSPS) is 17.1. The van der Waals surface area contributed by atoms with Crippen LogP contribution in [0.1, 0.15) is 23.1 Å². The Morgan fingerprint density at radius 3 is 2.24 bits per heavy atom. The summed E-state index contributed by atoms with van der Waals surface area (Å²) in [5, 5.41) is 4.17. The second kappa shape index (κ2) is 8.21. The Hall–Kier alpha value is -2.92. The molecule has 4 rings (SSSR count). The van der Waals surface area contributed by atoms with E-state index >= 15 is 0 Å². The number of halogens is 1. The molecule has 1 N–H and O–H groups in total. The number of carbonyl (C=O) groups excluding carboxylic acids is 1. The zero-order chi connectivity index (χ0) is 20.3. The maximum atomic E-state index is 12.9. The van der Waals surface area contributed by atoms with Crippen molar-refractivity contribution >= 4 is 28.1 Å². The van der Waals surface area contributed by atoms with Gasteiger partial charge in [-0.2, -0.15) is 5.10 Å². The van der Waals surface area contributed by atoms with Crippen LogP contribution in [0.4, 0.5) is 0 Å². The van der Waals surface area contributed by atoms with Crippen molar-refractivity contribution < 1.29 is 9.53 Å². The molecule has 1 fully saturated rings. The summed E-state index contributed by atoms with van der Waals surface area (Å²) in [5.41, 5.74) is 5.62. The number of rotatable bonds is 6. The maximum absolute atomic E-state index is 12.9. The van der Waals surface area contributed by atoms with Crippen molar-refractivity contribution in [1.82, 2.24) is 5.43 Å². The molecule has 4 nitrogen and oxygen atoms in total. The van der Waals surface area contributed by atoms with E-state index in [1.54, 1.807) is 13.3 Å². The van der Waals surface area contributed by atoms with Gasteiger partial charge in [-0.1, -0.05) is 60.7 Å². The van der Waals surface area contributed by atoms with Gasteiger partial charge in [0.15, 0.2) is 0 Å². The van der Waals surface area contributed by atoms with Gasteiger partial charge in [0, 0.05) is 5.41 Å². The van der Waals surface area contributed by atoms with Crippen LogP contribution in [0, 0.1) is 5.92 Å². The molecule has 5 heteroatoms. The van der Waals surface area contributed by atoms with Crippen molar-refractivity contribution in [3.8, 4) is 5.75 Å². The third-order valence-corrected chi connectivity index (χ3v) is 6.04. The van der Waals surface area contributed by atoms with Gasteiger partial charge in [0.2, 0.25) is 5.91 Å². The van der Waals surface area contributed by atoms with E-state index in [-0.39, 0.29) is 17.2 Å². The van der Waals surface area contributed by atoms with Gasteiger partial charge in [-0.25, -0.2) is 5.43 Å². The Kier molecular flexibility index (Phi) is 5.49. The number of benzene rings is 3. The highest BCUT2D eigenvalue weighted by molar-refractivity contribution is 9.10. The average Bonchev–Trinajstić information content (AvgIpc) is 3.52. The highest BCUT2D eigenvalue weighted by Gasteiger charge is 2.60. The summed E-state index contributed by atoms with van der Waals surface area (Å²) in [6, 6.07) is 26.1. The third kappa shape index (κ3) is 3.83. The Balaban J connectivity index is 1.51. The molecule has 1 aliphatic rings. The Labute approximate surface area is 178 Å². The number of carbonyl (C=O) groups is 1. The lowest BCUT2D eigenvalue weighted by molar-refractivity contribution is -0.122. The summed E-state index contributed by atoms with van der Waals surface area (Å²) in [7, 11) is 1.62. The Morgan fingerprint density at radius 1 is 1.07 bits per heavy atom. The molecule has 1 aliphatic carbocycles. The highest BCUT2D eigenvalue weighted by atomic mass is 79.9. The lowest BCUT2D eigenvalue weighted by Crippen LogP contribution is -2.25. The number of hydrogen-bond donors (Lipinski definition) is 1. The minimum Gasteiger partial charge on any atom is -0.496 e. The third-order valence-electron chi connectivity index (χ3n) is 5.42. The van der Waals surface area contributed by atoms with E-state index in [0.717, 1.165) is 33.3 Å². The summed E-state index contributed by atoms with van der Waals surface area (Å²) < 4.78 is 6.07. The molecule has 1 saturated carbocycles. The van der Waals surface area contributed by atoms with Crippen LogP contribution in [0.2, 0.25) is 0 Å². The number of nitrogens with zero attached hydrogens (tertiary/aromatic N) is 1. The summed E-state index contributed by atoms with van der Waals surface area (Å²) in [6.45, 7) is 0. The maximum Gasteiger partial charge on any atom is 0.244 e. The first-order valence-electron chi connectivity index (χ1n) is 9.42. The molecular weight excluding hydrogens is 428 g/mol. The van der Waals surface area contributed by atoms with E-state index in [4.69, 9.17) is 4.74 Å². The average molecular weight is 449 g/mol. The fourth-order valence-corrected chi connectivity index (χ4v) is 4.43. The van der Waals surface area contributed by atoms with Crippen LogP contribution in [0.15, 0.2) is 88.4 Å². The first kappa shape index (κ1) is 19.4. The highest BCUT2D eigenvalue weighted by Crippen LogP contribution is 2.58. The summed E-state index contributed by atoms with van der Waals surface area (Å²) in [4.78, 5) is 12.9. The number of hydrogen-bond acceptors (Lipinski definition) is 3. The van der Waals surface area contributed by atoms with Crippen molar-refractivity contribution in [3.05, 3.63) is 100 Å². The van der Waals surface area contributed by atoms with Gasteiger partial charge in [-0.15, -0.1) is 0 Å². The minimum atomic E-state index is -0.286. The molecule has 146 valence electrons. The fourth-order valence-electron chi connectivity index (χ4n) is 3.87. The van der Waals surface area contributed by atoms with Crippen molar-refractivity contribution in [2.24, 2.45) is 11.0 Å². The first-order chi connectivity index (χ1) is 14.1. The van der Waals surface area contributed by atoms with E-state index < -0.39 is 0 Å². The quantitative estimate of drug-likeness (QED) is 0.429. The molecule has 0 spiro atoms.